The molecule has 2 aromatic carbocycles. The summed E-state index contributed by atoms with van der Waals surface area (Å²) in [6.45, 7) is 3.93. The Morgan fingerprint density at radius 3 is 1.73 bits per heavy atom. The molecular weight excluding hydrogens is 680 g/mol. The number of hydrogen-bond acceptors (Lipinski definition) is 9. The minimum absolute atomic E-state index is 0.0343. The molecule has 0 saturated carbocycles. The molecule has 6 aromatic rings. The zero-order valence-corrected chi connectivity index (χ0v) is 29.0. The van der Waals surface area contributed by atoms with Gasteiger partial charge in [-0.15, -0.1) is 0 Å². The fraction of sp³-hybridized carbons (Fsp3) is 0.211. The van der Waals surface area contributed by atoms with E-state index in [9.17, 15) is 9.59 Å². The van der Waals surface area contributed by atoms with Crippen molar-refractivity contribution >= 4 is 35.3 Å². The number of nitrogens with one attached hydrogen (secondary N) is 2. The van der Waals surface area contributed by atoms with Crippen LogP contribution in [0.2, 0.25) is 5.02 Å². The fourth-order valence-corrected chi connectivity index (χ4v) is 6.45. The maximum absolute atomic E-state index is 12.7. The van der Waals surface area contributed by atoms with E-state index in [4.69, 9.17) is 27.8 Å². The largest absolute Gasteiger partial charge is 0.378 e. The summed E-state index contributed by atoms with van der Waals surface area (Å²) in [4.78, 5) is 52.1. The Hall–Kier alpha value is -6.05. The Morgan fingerprint density at radius 2 is 1.17 bits per heavy atom. The van der Waals surface area contributed by atoms with Gasteiger partial charge < -0.3 is 36.0 Å². The average Bonchev–Trinajstić information content (AvgIpc) is 3.99. The molecule has 2 aliphatic rings. The van der Waals surface area contributed by atoms with Crippen LogP contribution in [0.3, 0.4) is 0 Å². The van der Waals surface area contributed by atoms with Crippen LogP contribution in [0.15, 0.2) is 91.5 Å². The fourth-order valence-electron chi connectivity index (χ4n) is 6.26. The lowest BCUT2D eigenvalue weighted by atomic mass is 10.0. The first-order chi connectivity index (χ1) is 25.3. The number of anilines is 2. The van der Waals surface area contributed by atoms with E-state index in [1.807, 2.05) is 59.5 Å². The summed E-state index contributed by atoms with van der Waals surface area (Å²) in [5.74, 6) is 0.351. The number of benzene rings is 2. The monoisotopic (exact) mass is 716 g/mol. The van der Waals surface area contributed by atoms with Gasteiger partial charge >= 0.3 is 0 Å². The molecule has 2 saturated heterocycles. The number of aromatic amines is 2. The predicted molar refractivity (Wildman–Crippen MR) is 200 cm³/mol. The van der Waals surface area contributed by atoms with E-state index < -0.39 is 0 Å². The quantitative estimate of drug-likeness (QED) is 0.165. The highest BCUT2D eigenvalue weighted by molar-refractivity contribution is 6.30. The van der Waals surface area contributed by atoms with Gasteiger partial charge in [0, 0.05) is 78.2 Å². The molecule has 0 spiro atoms. The molecule has 13 nitrogen and oxygen atoms in total. The van der Waals surface area contributed by atoms with Crippen molar-refractivity contribution < 1.29 is 14.3 Å². The predicted octanol–water partition coefficient (Wildman–Crippen LogP) is 5.80. The van der Waals surface area contributed by atoms with Gasteiger partial charge in [-0.25, -0.2) is 19.9 Å². The zero-order valence-electron chi connectivity index (χ0n) is 28.3. The number of nitrogens with two attached hydrogens (primary N) is 2. The maximum atomic E-state index is 12.7. The molecule has 264 valence electrons. The van der Waals surface area contributed by atoms with Crippen LogP contribution in [0.4, 0.5) is 11.9 Å². The van der Waals surface area contributed by atoms with Crippen LogP contribution in [-0.2, 0) is 4.74 Å². The highest BCUT2D eigenvalue weighted by Gasteiger charge is 2.23. The number of likely N-dealkylation sites (tertiary alicyclic amines) is 1. The number of nitrogens with zero attached hydrogens (tertiary/aromatic N) is 6. The number of morpholine rings is 1. The first kappa shape index (κ1) is 34.4. The summed E-state index contributed by atoms with van der Waals surface area (Å²) in [6, 6.07) is 21.0. The Bertz CT molecular complexity index is 2190. The zero-order chi connectivity index (χ0) is 36.0. The summed E-state index contributed by atoms with van der Waals surface area (Å²) >= 11 is 6.12. The van der Waals surface area contributed by atoms with E-state index in [1.165, 1.54) is 0 Å². The molecule has 52 heavy (non-hydrogen) atoms. The van der Waals surface area contributed by atoms with Crippen LogP contribution in [0, 0.1) is 0 Å². The first-order valence-corrected chi connectivity index (χ1v) is 17.3. The Morgan fingerprint density at radius 1 is 0.654 bits per heavy atom. The lowest BCUT2D eigenvalue weighted by Crippen LogP contribution is -2.40. The molecule has 6 heterocycles. The standard InChI is InChI=1S/C19H18ClN5O2.C19H19N5O/c20-14-3-1-2-12(8-14)15-11-23-19(21)24-17(15)13-9-16(22-10-13)18(26)25-4-6-27-7-5-25;20-19-22-12-15(13-6-2-1-3-7-13)17(23-19)14-10-16(21-11-14)18(25)24-8-4-5-9-24/h1-3,8-11,22H,4-7H2,(H2,21,23,24);1-3,6-7,10-12,21H,4-5,8-9H2,(H2,20,22,23). The molecule has 0 radical (unpaired) electrons. The van der Waals surface area contributed by atoms with E-state index in [2.05, 4.69) is 29.9 Å². The van der Waals surface area contributed by atoms with E-state index in [0.717, 1.165) is 65.0 Å². The van der Waals surface area contributed by atoms with Crippen LogP contribution < -0.4 is 11.5 Å². The van der Waals surface area contributed by atoms with Gasteiger partial charge in [-0.3, -0.25) is 9.59 Å². The number of rotatable bonds is 6. The van der Waals surface area contributed by atoms with Gasteiger partial charge in [-0.1, -0.05) is 54.1 Å². The highest BCUT2D eigenvalue weighted by Crippen LogP contribution is 2.33. The third-order valence-corrected chi connectivity index (χ3v) is 9.14. The molecule has 8 rings (SSSR count). The lowest BCUT2D eigenvalue weighted by Gasteiger charge is -2.26. The number of H-pyrrole nitrogens is 2. The van der Waals surface area contributed by atoms with E-state index in [1.54, 1.807) is 41.8 Å². The summed E-state index contributed by atoms with van der Waals surface area (Å²) in [6.07, 6.45) is 9.09. The smallest absolute Gasteiger partial charge is 0.270 e. The van der Waals surface area contributed by atoms with Gasteiger partial charge in [0.05, 0.1) is 24.6 Å². The molecule has 0 atom stereocenters. The molecule has 6 N–H and O–H groups in total. The van der Waals surface area contributed by atoms with Crippen molar-refractivity contribution in [2.24, 2.45) is 0 Å². The molecule has 2 fully saturated rings. The van der Waals surface area contributed by atoms with Crippen molar-refractivity contribution in [3.05, 3.63) is 108 Å². The summed E-state index contributed by atoms with van der Waals surface area (Å²) in [5.41, 5.74) is 19.2. The van der Waals surface area contributed by atoms with Crippen LogP contribution in [0.1, 0.15) is 33.8 Å². The molecule has 0 aliphatic carbocycles. The normalized spacial score (nSPS) is 14.2. The van der Waals surface area contributed by atoms with Crippen molar-refractivity contribution in [1.29, 1.82) is 0 Å². The Balaban J connectivity index is 0.000000162. The molecular formula is C38H37ClN10O3. The second kappa shape index (κ2) is 15.5. The lowest BCUT2D eigenvalue weighted by molar-refractivity contribution is 0.0299. The Labute approximate surface area is 305 Å². The van der Waals surface area contributed by atoms with E-state index >= 15 is 0 Å². The first-order valence-electron chi connectivity index (χ1n) is 16.9. The second-order valence-electron chi connectivity index (χ2n) is 12.4. The van der Waals surface area contributed by atoms with Gasteiger partial charge in [-0.2, -0.15) is 0 Å². The minimum Gasteiger partial charge on any atom is -0.378 e. The van der Waals surface area contributed by atoms with E-state index in [-0.39, 0.29) is 23.7 Å². The third kappa shape index (κ3) is 7.65. The Kier molecular flexibility index (Phi) is 10.2. The number of carbonyl (C=O) groups is 2. The average molecular weight is 717 g/mol. The summed E-state index contributed by atoms with van der Waals surface area (Å²) in [5, 5.41) is 0.618. The van der Waals surface area contributed by atoms with Crippen LogP contribution >= 0.6 is 11.6 Å². The maximum Gasteiger partial charge on any atom is 0.270 e. The van der Waals surface area contributed by atoms with Crippen molar-refractivity contribution in [2.45, 2.75) is 12.8 Å². The molecule has 0 bridgehead atoms. The van der Waals surface area contributed by atoms with Gasteiger partial charge in [0.25, 0.3) is 11.8 Å². The third-order valence-electron chi connectivity index (χ3n) is 8.90. The van der Waals surface area contributed by atoms with Crippen LogP contribution in [0.25, 0.3) is 44.8 Å². The molecule has 0 unspecified atom stereocenters. The van der Waals surface area contributed by atoms with Crippen molar-refractivity contribution in [1.82, 2.24) is 39.7 Å². The van der Waals surface area contributed by atoms with Crippen LogP contribution in [-0.4, -0.2) is 90.9 Å². The number of ether oxygens (including phenoxy) is 1. The molecule has 4 aromatic heterocycles. The van der Waals surface area contributed by atoms with Crippen LogP contribution in [0.5, 0.6) is 0 Å². The second-order valence-corrected chi connectivity index (χ2v) is 12.8. The summed E-state index contributed by atoms with van der Waals surface area (Å²) < 4.78 is 5.30. The van der Waals surface area contributed by atoms with Gasteiger partial charge in [-0.05, 0) is 48.2 Å². The molecule has 2 aliphatic heterocycles. The number of nitrogen functional groups attached to an aromatic ring is 2. The van der Waals surface area contributed by atoms with Gasteiger partial charge in [0.1, 0.15) is 11.4 Å². The minimum atomic E-state index is -0.0594. The van der Waals surface area contributed by atoms with E-state index in [0.29, 0.717) is 48.4 Å². The van der Waals surface area contributed by atoms with Crippen molar-refractivity contribution in [3.8, 4) is 44.8 Å². The number of halogens is 1. The van der Waals surface area contributed by atoms with Gasteiger partial charge in [0.15, 0.2) is 0 Å². The highest BCUT2D eigenvalue weighted by atomic mass is 35.5. The number of aromatic nitrogens is 6. The number of hydrogen-bond donors (Lipinski definition) is 4. The molecule has 14 heteroatoms. The topological polar surface area (TPSA) is 185 Å². The molecule has 2 amide bonds. The number of carbonyl (C=O) groups excluding carboxylic acids is 2. The van der Waals surface area contributed by atoms with Gasteiger partial charge in [0.2, 0.25) is 11.9 Å². The number of amides is 2. The summed E-state index contributed by atoms with van der Waals surface area (Å²) in [7, 11) is 0. The van der Waals surface area contributed by atoms with Crippen molar-refractivity contribution in [3.63, 3.8) is 0 Å². The van der Waals surface area contributed by atoms with Crippen molar-refractivity contribution in [2.75, 3.05) is 50.9 Å². The SMILES string of the molecule is Nc1ncc(-c2cccc(Cl)c2)c(-c2c[nH]c(C(=O)N3CCOCC3)c2)n1.Nc1ncc(-c2ccccc2)c(-c2c[nH]c(C(=O)N3CCCC3)c2)n1.